The summed E-state index contributed by atoms with van der Waals surface area (Å²) in [5.41, 5.74) is 1.17. The lowest BCUT2D eigenvalue weighted by atomic mass is 10.1. The number of ether oxygens (including phenoxy) is 1. The number of aryl methyl sites for hydroxylation is 1. The number of nitrogens with one attached hydrogen (secondary N) is 1. The van der Waals surface area contributed by atoms with Crippen LogP contribution in [-0.4, -0.2) is 25.7 Å². The molecule has 1 N–H and O–H groups in total. The van der Waals surface area contributed by atoms with Gasteiger partial charge in [-0.25, -0.2) is 9.78 Å². The van der Waals surface area contributed by atoms with E-state index in [0.29, 0.717) is 11.1 Å². The summed E-state index contributed by atoms with van der Waals surface area (Å²) in [5, 5.41) is 7.70. The van der Waals surface area contributed by atoms with E-state index < -0.39 is 6.10 Å². The average molecular weight is 298 g/mol. The molecule has 1 aromatic carbocycles. The Morgan fingerprint density at radius 1 is 1.36 bits per heavy atom. The molecule has 3 rings (SSSR count). The van der Waals surface area contributed by atoms with Gasteiger partial charge in [0.1, 0.15) is 5.82 Å². The van der Waals surface area contributed by atoms with E-state index in [2.05, 4.69) is 15.2 Å². The third-order valence-corrected chi connectivity index (χ3v) is 3.65. The maximum atomic E-state index is 12.6. The molecular weight excluding hydrogens is 280 g/mol. The zero-order valence-electron chi connectivity index (χ0n) is 12.8. The van der Waals surface area contributed by atoms with Crippen molar-refractivity contribution in [2.45, 2.75) is 20.0 Å². The average Bonchev–Trinajstić information content (AvgIpc) is 3.12. The Morgan fingerprint density at radius 2 is 2.18 bits per heavy atom. The highest BCUT2D eigenvalue weighted by atomic mass is 16.5. The lowest BCUT2D eigenvalue weighted by molar-refractivity contribution is 0.0144. The zero-order chi connectivity index (χ0) is 15.7. The molecule has 0 spiro atoms. The number of fused-ring (bicyclic) bond motifs is 1. The van der Waals surface area contributed by atoms with Crippen molar-refractivity contribution in [2.75, 3.05) is 0 Å². The van der Waals surface area contributed by atoms with Crippen LogP contribution in [0, 0.1) is 5.92 Å². The Hall–Kier alpha value is -2.63. The second kappa shape index (κ2) is 5.63. The minimum atomic E-state index is -0.398. The molecule has 0 saturated heterocycles. The molecule has 0 amide bonds. The van der Waals surface area contributed by atoms with Gasteiger partial charge in [0, 0.05) is 24.8 Å². The molecule has 0 aliphatic heterocycles. The van der Waals surface area contributed by atoms with Crippen LogP contribution in [0.15, 0.2) is 36.8 Å². The molecule has 6 nitrogen and oxygen atoms in total. The molecule has 6 heteroatoms. The molecule has 114 valence electrons. The molecule has 0 radical (unpaired) electrons. The normalized spacial score (nSPS) is 12.7. The Labute approximate surface area is 128 Å². The fourth-order valence-corrected chi connectivity index (χ4v) is 2.46. The van der Waals surface area contributed by atoms with Gasteiger partial charge in [0.05, 0.1) is 17.3 Å². The van der Waals surface area contributed by atoms with E-state index in [0.717, 1.165) is 11.2 Å². The van der Waals surface area contributed by atoms with Crippen molar-refractivity contribution in [2.24, 2.45) is 13.0 Å². The topological polar surface area (TPSA) is 72.8 Å². The number of aromatic amines is 1. The van der Waals surface area contributed by atoms with Crippen LogP contribution in [0.3, 0.4) is 0 Å². The standard InChI is InChI=1S/C16H18N4O2/c1-10(2)14(15-17-7-8-20(15)3)22-16(21)12-6-4-5-11-9-18-19-13(11)12/h4-10,14H,1-3H3,(H,18,19)/t14-/m1/s1. The van der Waals surface area contributed by atoms with Gasteiger partial charge in [0.2, 0.25) is 0 Å². The maximum absolute atomic E-state index is 12.6. The highest BCUT2D eigenvalue weighted by molar-refractivity contribution is 6.02. The second-order valence-electron chi connectivity index (χ2n) is 5.61. The van der Waals surface area contributed by atoms with Crippen LogP contribution in [0.1, 0.15) is 36.1 Å². The van der Waals surface area contributed by atoms with E-state index in [1.165, 1.54) is 0 Å². The number of carbonyl (C=O) groups excluding carboxylic acids is 1. The maximum Gasteiger partial charge on any atom is 0.341 e. The van der Waals surface area contributed by atoms with E-state index in [1.807, 2.05) is 43.8 Å². The number of imidazole rings is 1. The van der Waals surface area contributed by atoms with Gasteiger partial charge in [-0.2, -0.15) is 5.10 Å². The smallest absolute Gasteiger partial charge is 0.341 e. The van der Waals surface area contributed by atoms with Crippen molar-refractivity contribution >= 4 is 16.9 Å². The zero-order valence-corrected chi connectivity index (χ0v) is 12.8. The van der Waals surface area contributed by atoms with Crippen LogP contribution in [0.2, 0.25) is 0 Å². The number of hydrogen-bond donors (Lipinski definition) is 1. The number of hydrogen-bond acceptors (Lipinski definition) is 4. The van der Waals surface area contributed by atoms with Gasteiger partial charge in [-0.15, -0.1) is 0 Å². The monoisotopic (exact) mass is 298 g/mol. The lowest BCUT2D eigenvalue weighted by Gasteiger charge is -2.21. The van der Waals surface area contributed by atoms with Crippen molar-refractivity contribution < 1.29 is 9.53 Å². The summed E-state index contributed by atoms with van der Waals surface area (Å²) in [5.74, 6) is 0.475. The molecule has 22 heavy (non-hydrogen) atoms. The van der Waals surface area contributed by atoms with Gasteiger partial charge in [-0.1, -0.05) is 26.0 Å². The molecule has 2 aromatic heterocycles. The molecule has 2 heterocycles. The first-order valence-corrected chi connectivity index (χ1v) is 7.18. The van der Waals surface area contributed by atoms with Crippen molar-refractivity contribution in [3.8, 4) is 0 Å². The molecule has 0 aliphatic rings. The third kappa shape index (κ3) is 2.47. The number of carbonyl (C=O) groups is 1. The number of aromatic nitrogens is 4. The van der Waals surface area contributed by atoms with Crippen LogP contribution < -0.4 is 0 Å². The van der Waals surface area contributed by atoms with E-state index in [9.17, 15) is 4.79 Å². The number of para-hydroxylation sites is 1. The van der Waals surface area contributed by atoms with E-state index in [1.54, 1.807) is 18.5 Å². The fourth-order valence-electron chi connectivity index (χ4n) is 2.46. The van der Waals surface area contributed by atoms with Gasteiger partial charge in [0.25, 0.3) is 0 Å². The summed E-state index contributed by atoms with van der Waals surface area (Å²) >= 11 is 0. The van der Waals surface area contributed by atoms with Gasteiger partial charge in [0.15, 0.2) is 6.10 Å². The van der Waals surface area contributed by atoms with Crippen molar-refractivity contribution in [3.05, 3.63) is 48.2 Å². The number of nitrogens with zero attached hydrogens (tertiary/aromatic N) is 3. The summed E-state index contributed by atoms with van der Waals surface area (Å²) in [6.45, 7) is 4.01. The molecule has 1 atom stereocenters. The van der Waals surface area contributed by atoms with Gasteiger partial charge in [-0.3, -0.25) is 5.10 Å². The van der Waals surface area contributed by atoms with E-state index in [-0.39, 0.29) is 11.9 Å². The molecule has 3 aromatic rings. The van der Waals surface area contributed by atoms with Crippen molar-refractivity contribution in [3.63, 3.8) is 0 Å². The van der Waals surface area contributed by atoms with Gasteiger partial charge >= 0.3 is 5.97 Å². The van der Waals surface area contributed by atoms with E-state index in [4.69, 9.17) is 4.74 Å². The summed E-state index contributed by atoms with van der Waals surface area (Å²) in [6, 6.07) is 5.45. The predicted molar refractivity (Wildman–Crippen MR) is 82.3 cm³/mol. The number of H-pyrrole nitrogens is 1. The summed E-state index contributed by atoms with van der Waals surface area (Å²) in [4.78, 5) is 16.9. The quantitative estimate of drug-likeness (QED) is 0.752. The molecule has 0 fully saturated rings. The number of esters is 1. The molecule has 0 aliphatic carbocycles. The predicted octanol–water partition coefficient (Wildman–Crippen LogP) is 2.85. The molecular formula is C16H18N4O2. The summed E-state index contributed by atoms with van der Waals surface area (Å²) in [6.07, 6.45) is 4.83. The fraction of sp³-hybridized carbons (Fsp3) is 0.312. The first-order valence-electron chi connectivity index (χ1n) is 7.18. The van der Waals surface area contributed by atoms with Crippen LogP contribution >= 0.6 is 0 Å². The first-order chi connectivity index (χ1) is 10.6. The third-order valence-electron chi connectivity index (χ3n) is 3.65. The van der Waals surface area contributed by atoms with E-state index >= 15 is 0 Å². The summed E-state index contributed by atoms with van der Waals surface area (Å²) in [7, 11) is 1.89. The highest BCUT2D eigenvalue weighted by Gasteiger charge is 2.25. The minimum Gasteiger partial charge on any atom is -0.450 e. The van der Waals surface area contributed by atoms with Crippen LogP contribution in [0.4, 0.5) is 0 Å². The van der Waals surface area contributed by atoms with Gasteiger partial charge < -0.3 is 9.30 Å². The molecule has 0 unspecified atom stereocenters. The Bertz CT molecular complexity index is 803. The Morgan fingerprint density at radius 3 is 2.86 bits per heavy atom. The number of rotatable bonds is 4. The minimum absolute atomic E-state index is 0.117. The first kappa shape index (κ1) is 14.3. The largest absolute Gasteiger partial charge is 0.450 e. The number of benzene rings is 1. The lowest BCUT2D eigenvalue weighted by Crippen LogP contribution is -2.19. The molecule has 0 bridgehead atoms. The van der Waals surface area contributed by atoms with Crippen LogP contribution in [0.25, 0.3) is 10.9 Å². The van der Waals surface area contributed by atoms with Crippen LogP contribution in [-0.2, 0) is 11.8 Å². The second-order valence-corrected chi connectivity index (χ2v) is 5.61. The van der Waals surface area contributed by atoms with Crippen molar-refractivity contribution in [1.82, 2.24) is 19.7 Å². The SMILES string of the molecule is CC(C)[C@@H](OC(=O)c1cccc2cn[nH]c12)c1nccn1C. The molecule has 0 saturated carbocycles. The summed E-state index contributed by atoms with van der Waals surface area (Å²) < 4.78 is 7.60. The van der Waals surface area contributed by atoms with Gasteiger partial charge in [-0.05, 0) is 12.0 Å². The Kier molecular flexibility index (Phi) is 3.66. The highest BCUT2D eigenvalue weighted by Crippen LogP contribution is 2.26. The van der Waals surface area contributed by atoms with Crippen LogP contribution in [0.5, 0.6) is 0 Å². The Balaban J connectivity index is 1.92. The van der Waals surface area contributed by atoms with Crippen molar-refractivity contribution in [1.29, 1.82) is 0 Å².